The molecule has 0 fully saturated rings. The van der Waals surface area contributed by atoms with Gasteiger partial charge in [0.1, 0.15) is 10.6 Å². The van der Waals surface area contributed by atoms with E-state index >= 15 is 0 Å². The number of hydrogen-bond acceptors (Lipinski definition) is 7. The third-order valence-electron chi connectivity index (χ3n) is 2.83. The molecule has 0 aliphatic heterocycles. The van der Waals surface area contributed by atoms with E-state index in [-0.39, 0.29) is 0 Å². The number of aryl methyl sites for hydroxylation is 1. The number of aliphatic hydroxyl groups is 1. The van der Waals surface area contributed by atoms with Crippen LogP contribution in [0.25, 0.3) is 10.2 Å². The lowest BCUT2D eigenvalue weighted by Crippen LogP contribution is -2.36. The van der Waals surface area contributed by atoms with Crippen LogP contribution in [0.5, 0.6) is 0 Å². The van der Waals surface area contributed by atoms with Gasteiger partial charge in [-0.1, -0.05) is 0 Å². The summed E-state index contributed by atoms with van der Waals surface area (Å²) in [7, 11) is 1.80. The first-order valence-electron chi connectivity index (χ1n) is 6.36. The van der Waals surface area contributed by atoms with E-state index in [2.05, 4.69) is 33.6 Å². The second kappa shape index (κ2) is 6.15. The van der Waals surface area contributed by atoms with Crippen LogP contribution >= 0.6 is 23.1 Å². The van der Waals surface area contributed by atoms with E-state index in [1.54, 1.807) is 30.1 Å². The van der Waals surface area contributed by atoms with Gasteiger partial charge in [-0.2, -0.15) is 16.7 Å². The van der Waals surface area contributed by atoms with Gasteiger partial charge in [-0.25, -0.2) is 4.98 Å². The van der Waals surface area contributed by atoms with Crippen molar-refractivity contribution in [2.24, 2.45) is 0 Å². The monoisotopic (exact) mass is 312 g/mol. The summed E-state index contributed by atoms with van der Waals surface area (Å²) in [6, 6.07) is 2.07. The zero-order valence-corrected chi connectivity index (χ0v) is 13.8. The standard InChI is InChI=1S/C13H20N4OS2/c1-8-5-9-10(15-6-13(2,18)7-19-4)16-12(14-3)17-11(9)20-8/h5,18H,6-7H2,1-4H3,(H2,14,15,16,17). The average Bonchev–Trinajstić information content (AvgIpc) is 2.76. The first-order chi connectivity index (χ1) is 9.45. The number of aromatic nitrogens is 2. The van der Waals surface area contributed by atoms with Crippen molar-refractivity contribution in [3.8, 4) is 0 Å². The van der Waals surface area contributed by atoms with Crippen molar-refractivity contribution >= 4 is 45.1 Å². The summed E-state index contributed by atoms with van der Waals surface area (Å²) in [4.78, 5) is 11.0. The molecule has 3 N–H and O–H groups in total. The van der Waals surface area contributed by atoms with E-state index in [0.29, 0.717) is 18.2 Å². The summed E-state index contributed by atoms with van der Waals surface area (Å²) in [5.74, 6) is 2.03. The van der Waals surface area contributed by atoms with Crippen LogP contribution in [0.3, 0.4) is 0 Å². The minimum absolute atomic E-state index is 0.456. The van der Waals surface area contributed by atoms with Crippen LogP contribution < -0.4 is 10.6 Å². The van der Waals surface area contributed by atoms with Gasteiger partial charge in [0.15, 0.2) is 0 Å². The largest absolute Gasteiger partial charge is 0.387 e. The van der Waals surface area contributed by atoms with E-state index in [1.807, 2.05) is 13.2 Å². The quantitative estimate of drug-likeness (QED) is 0.761. The Morgan fingerprint density at radius 2 is 2.20 bits per heavy atom. The van der Waals surface area contributed by atoms with E-state index in [9.17, 15) is 5.11 Å². The topological polar surface area (TPSA) is 70.1 Å². The zero-order chi connectivity index (χ0) is 14.8. The molecule has 0 aliphatic carbocycles. The molecule has 110 valence electrons. The van der Waals surface area contributed by atoms with Crippen LogP contribution in [0.1, 0.15) is 11.8 Å². The fourth-order valence-corrected chi connectivity index (χ4v) is 3.53. The number of thioether (sulfide) groups is 1. The predicted octanol–water partition coefficient (Wildman–Crippen LogP) is 2.57. The van der Waals surface area contributed by atoms with Crippen molar-refractivity contribution in [1.82, 2.24) is 9.97 Å². The lowest BCUT2D eigenvalue weighted by molar-refractivity contribution is 0.0996. The van der Waals surface area contributed by atoms with Gasteiger partial charge in [0, 0.05) is 24.2 Å². The Labute approximate surface area is 127 Å². The highest BCUT2D eigenvalue weighted by atomic mass is 32.2. The highest BCUT2D eigenvalue weighted by Crippen LogP contribution is 2.29. The zero-order valence-electron chi connectivity index (χ0n) is 12.1. The highest BCUT2D eigenvalue weighted by molar-refractivity contribution is 7.98. The van der Waals surface area contributed by atoms with Crippen molar-refractivity contribution in [2.75, 3.05) is 36.2 Å². The average molecular weight is 312 g/mol. The van der Waals surface area contributed by atoms with Gasteiger partial charge in [0.2, 0.25) is 5.95 Å². The third kappa shape index (κ3) is 3.53. The van der Waals surface area contributed by atoms with Gasteiger partial charge in [-0.05, 0) is 26.2 Å². The lowest BCUT2D eigenvalue weighted by atomic mass is 10.1. The molecule has 20 heavy (non-hydrogen) atoms. The molecule has 2 aromatic rings. The van der Waals surface area contributed by atoms with E-state index < -0.39 is 5.60 Å². The van der Waals surface area contributed by atoms with Crippen molar-refractivity contribution in [3.05, 3.63) is 10.9 Å². The minimum Gasteiger partial charge on any atom is -0.387 e. The summed E-state index contributed by atoms with van der Waals surface area (Å²) in [6.45, 7) is 4.34. The Bertz CT molecular complexity index is 597. The molecule has 0 saturated carbocycles. The van der Waals surface area contributed by atoms with Crippen LogP contribution in [-0.4, -0.2) is 46.3 Å². The molecule has 7 heteroatoms. The molecule has 0 saturated heterocycles. The summed E-state index contributed by atoms with van der Waals surface area (Å²) >= 11 is 3.27. The number of nitrogens with one attached hydrogen (secondary N) is 2. The molecule has 2 rings (SSSR count). The number of nitrogens with zero attached hydrogens (tertiary/aromatic N) is 2. The molecule has 0 amide bonds. The molecule has 1 unspecified atom stereocenters. The van der Waals surface area contributed by atoms with Gasteiger partial charge >= 0.3 is 0 Å². The van der Waals surface area contributed by atoms with Crippen molar-refractivity contribution < 1.29 is 5.11 Å². The molecule has 1 atom stereocenters. The van der Waals surface area contributed by atoms with Gasteiger partial charge in [0.25, 0.3) is 0 Å². The maximum absolute atomic E-state index is 10.2. The van der Waals surface area contributed by atoms with E-state index in [4.69, 9.17) is 0 Å². The Morgan fingerprint density at radius 1 is 1.45 bits per heavy atom. The molecule has 0 bridgehead atoms. The molecule has 0 radical (unpaired) electrons. The number of anilines is 2. The van der Waals surface area contributed by atoms with E-state index in [1.165, 1.54) is 4.88 Å². The van der Waals surface area contributed by atoms with Gasteiger partial charge in [-0.15, -0.1) is 11.3 Å². The Morgan fingerprint density at radius 3 is 2.85 bits per heavy atom. The fraction of sp³-hybridized carbons (Fsp3) is 0.538. The van der Waals surface area contributed by atoms with Crippen LogP contribution in [0.2, 0.25) is 0 Å². The first-order valence-corrected chi connectivity index (χ1v) is 8.57. The maximum atomic E-state index is 10.2. The third-order valence-corrected chi connectivity index (χ3v) is 4.69. The maximum Gasteiger partial charge on any atom is 0.225 e. The van der Waals surface area contributed by atoms with Crippen molar-refractivity contribution in [1.29, 1.82) is 0 Å². The van der Waals surface area contributed by atoms with Gasteiger partial charge < -0.3 is 15.7 Å². The van der Waals surface area contributed by atoms with Crippen LogP contribution in [0, 0.1) is 6.92 Å². The number of fused-ring (bicyclic) bond motifs is 1. The molecular weight excluding hydrogens is 292 g/mol. The SMILES string of the molecule is CNc1nc(NCC(C)(O)CSC)c2cc(C)sc2n1. The van der Waals surface area contributed by atoms with E-state index in [0.717, 1.165) is 16.0 Å². The van der Waals surface area contributed by atoms with Crippen LogP contribution in [0.15, 0.2) is 6.07 Å². The van der Waals surface area contributed by atoms with Crippen molar-refractivity contribution in [2.45, 2.75) is 19.4 Å². The number of thiophene rings is 1. The smallest absolute Gasteiger partial charge is 0.225 e. The summed E-state index contributed by atoms with van der Waals surface area (Å²) < 4.78 is 0. The second-order valence-corrected chi connectivity index (χ2v) is 7.11. The van der Waals surface area contributed by atoms with Gasteiger partial charge in [-0.3, -0.25) is 0 Å². The molecule has 2 aromatic heterocycles. The highest BCUT2D eigenvalue weighted by Gasteiger charge is 2.20. The molecule has 5 nitrogen and oxygen atoms in total. The predicted molar refractivity (Wildman–Crippen MR) is 89.2 cm³/mol. The number of hydrogen-bond donors (Lipinski definition) is 3. The molecular formula is C13H20N4OS2. The summed E-state index contributed by atoms with van der Waals surface area (Å²) in [6.07, 6.45) is 1.98. The Hall–Kier alpha value is -1.05. The van der Waals surface area contributed by atoms with Crippen LogP contribution in [0.4, 0.5) is 11.8 Å². The Kier molecular flexibility index (Phi) is 4.72. The Balaban J connectivity index is 2.28. The summed E-state index contributed by atoms with van der Waals surface area (Å²) in [5, 5.41) is 17.5. The first kappa shape index (κ1) is 15.3. The fourth-order valence-electron chi connectivity index (χ4n) is 1.92. The molecule has 0 aromatic carbocycles. The normalized spacial score (nSPS) is 14.2. The lowest BCUT2D eigenvalue weighted by Gasteiger charge is -2.23. The molecule has 0 aliphatic rings. The van der Waals surface area contributed by atoms with Gasteiger partial charge in [0.05, 0.1) is 11.0 Å². The molecule has 2 heterocycles. The second-order valence-electron chi connectivity index (χ2n) is 5.01. The number of rotatable bonds is 6. The van der Waals surface area contributed by atoms with Crippen LogP contribution in [-0.2, 0) is 0 Å². The van der Waals surface area contributed by atoms with Crippen molar-refractivity contribution in [3.63, 3.8) is 0 Å². The minimum atomic E-state index is -0.762. The summed E-state index contributed by atoms with van der Waals surface area (Å²) in [5.41, 5.74) is -0.762. The molecule has 0 spiro atoms.